The third-order valence-electron chi connectivity index (χ3n) is 7.78. The average molecular weight is 757 g/mol. The second kappa shape index (κ2) is 20.6. The fourth-order valence-corrected chi connectivity index (χ4v) is 5.54. The van der Waals surface area contributed by atoms with E-state index in [4.69, 9.17) is 50.6 Å². The van der Waals surface area contributed by atoms with Gasteiger partial charge in [-0.3, -0.25) is 19.5 Å². The number of hydrogen-bond donors (Lipinski definition) is 8. The number of aliphatic imine (C=N–C) groups is 1. The molecule has 1 aliphatic carbocycles. The lowest BCUT2D eigenvalue weighted by Crippen LogP contribution is -2.36. The summed E-state index contributed by atoms with van der Waals surface area (Å²) >= 11 is 12.2. The van der Waals surface area contributed by atoms with E-state index in [0.29, 0.717) is 40.8 Å². The number of hydrogen-bond acceptors (Lipinski definition) is 7. The third kappa shape index (κ3) is 13.9. The van der Waals surface area contributed by atoms with Gasteiger partial charge in [-0.15, -0.1) is 0 Å². The fraction of sp³-hybridized carbons (Fsp3) is 0.306. The van der Waals surface area contributed by atoms with Crippen LogP contribution in [0.2, 0.25) is 10.0 Å². The molecule has 3 aromatic carbocycles. The summed E-state index contributed by atoms with van der Waals surface area (Å²) < 4.78 is 0. The number of nitrogens with zero attached hydrogens (tertiary/aromatic N) is 2. The molecule has 2 atom stereocenters. The van der Waals surface area contributed by atoms with Crippen LogP contribution >= 0.6 is 23.2 Å². The summed E-state index contributed by atoms with van der Waals surface area (Å²) in [5.41, 5.74) is 19.9. The molecule has 11 N–H and O–H groups in total. The van der Waals surface area contributed by atoms with E-state index in [1.165, 1.54) is 18.4 Å². The van der Waals surface area contributed by atoms with Crippen LogP contribution in [0.3, 0.4) is 0 Å². The van der Waals surface area contributed by atoms with E-state index in [2.05, 4.69) is 21.7 Å². The molecule has 0 bridgehead atoms. The van der Waals surface area contributed by atoms with Gasteiger partial charge in [0.2, 0.25) is 0 Å². The van der Waals surface area contributed by atoms with E-state index in [1.807, 2.05) is 24.3 Å². The van der Waals surface area contributed by atoms with Crippen LogP contribution in [0.15, 0.2) is 77.8 Å². The highest BCUT2D eigenvalue weighted by Crippen LogP contribution is 2.29. The molecule has 52 heavy (non-hydrogen) atoms. The highest BCUT2D eigenvalue weighted by molar-refractivity contribution is 6.35. The minimum Gasteiger partial charge on any atom is -0.480 e. The molecule has 0 aliphatic heterocycles. The summed E-state index contributed by atoms with van der Waals surface area (Å²) in [7, 11) is 0. The van der Waals surface area contributed by atoms with Gasteiger partial charge in [0, 0.05) is 33.5 Å². The van der Waals surface area contributed by atoms with E-state index >= 15 is 0 Å². The van der Waals surface area contributed by atoms with Crippen molar-refractivity contribution in [2.75, 3.05) is 23.3 Å². The first-order chi connectivity index (χ1) is 24.7. The number of carboxylic acid groups (broad SMARTS) is 2. The lowest BCUT2D eigenvalue weighted by molar-refractivity contribution is -0.146. The number of aliphatic hydroxyl groups is 1. The summed E-state index contributed by atoms with van der Waals surface area (Å²) in [4.78, 5) is 52.1. The molecule has 1 aliphatic rings. The first kappa shape index (κ1) is 41.3. The summed E-state index contributed by atoms with van der Waals surface area (Å²) in [6.45, 7) is 0.204. The molecule has 3 aromatic rings. The van der Waals surface area contributed by atoms with Gasteiger partial charge in [-0.1, -0.05) is 53.5 Å². The molecule has 0 saturated carbocycles. The molecule has 0 fully saturated rings. The van der Waals surface area contributed by atoms with Crippen LogP contribution in [0.5, 0.6) is 0 Å². The lowest BCUT2D eigenvalue weighted by atomic mass is 9.93. The van der Waals surface area contributed by atoms with Gasteiger partial charge in [0.15, 0.2) is 12.1 Å². The smallest absolute Gasteiger partial charge is 0.334 e. The number of halogens is 2. The number of nitrogens with two attached hydrogens (primary N) is 3. The Hall–Kier alpha value is -5.15. The van der Waals surface area contributed by atoms with Gasteiger partial charge in [0.1, 0.15) is 6.04 Å². The van der Waals surface area contributed by atoms with E-state index in [1.54, 1.807) is 47.4 Å². The van der Waals surface area contributed by atoms with Crippen molar-refractivity contribution in [2.24, 2.45) is 22.2 Å². The zero-order valence-corrected chi connectivity index (χ0v) is 29.8. The molecule has 0 spiro atoms. The third-order valence-corrected chi connectivity index (χ3v) is 8.22. The predicted molar refractivity (Wildman–Crippen MR) is 202 cm³/mol. The fourth-order valence-electron chi connectivity index (χ4n) is 5.02. The van der Waals surface area contributed by atoms with E-state index in [9.17, 15) is 24.3 Å². The number of rotatable bonds is 14. The van der Waals surface area contributed by atoms with Gasteiger partial charge < -0.3 is 43.2 Å². The minimum absolute atomic E-state index is 0.0129. The summed E-state index contributed by atoms with van der Waals surface area (Å²) in [6, 6.07) is 18.0. The summed E-state index contributed by atoms with van der Waals surface area (Å²) in [5.74, 6) is -2.93. The number of carbonyl (C=O) groups excluding carboxylic acids is 2. The molecular weight excluding hydrogens is 713 g/mol. The van der Waals surface area contributed by atoms with Crippen molar-refractivity contribution in [3.8, 4) is 0 Å². The molecule has 3 amide bonds. The van der Waals surface area contributed by atoms with Gasteiger partial charge in [0.25, 0.3) is 5.91 Å². The van der Waals surface area contributed by atoms with Crippen molar-refractivity contribution < 1.29 is 34.5 Å². The number of allylic oxidation sites excluding steroid dienone is 2. The highest BCUT2D eigenvalue weighted by Gasteiger charge is 2.19. The average Bonchev–Trinajstić information content (AvgIpc) is 3.11. The number of amides is 3. The Morgan fingerprint density at radius 2 is 1.56 bits per heavy atom. The number of guanidine groups is 1. The molecule has 14 nitrogen and oxygen atoms in total. The first-order valence-electron chi connectivity index (χ1n) is 16.4. The number of aliphatic hydroxyl groups excluding tert-OH is 1. The van der Waals surface area contributed by atoms with Crippen molar-refractivity contribution in [1.29, 1.82) is 0 Å². The van der Waals surface area contributed by atoms with Crippen LogP contribution in [0, 0.1) is 0 Å². The molecule has 0 aromatic heterocycles. The molecule has 0 radical (unpaired) electrons. The van der Waals surface area contributed by atoms with E-state index in [-0.39, 0.29) is 18.1 Å². The second-order valence-corrected chi connectivity index (χ2v) is 12.7. The number of carbonyl (C=O) groups is 4. The molecular formula is C36H43Cl2N7O7. The van der Waals surface area contributed by atoms with Crippen molar-refractivity contribution in [3.05, 3.63) is 99.5 Å². The number of anilines is 2. The SMILES string of the molecule is NC(N)=NCCC[C@H](N)C(=O)O.O=C(NC[C@@H](O)C(=O)O)c1ccc(CN(C(=O)Nc2cc(Cl)cc(Cl)c2)c2ccc(C3=CCCCC3)cc2)cc1. The quantitative estimate of drug-likeness (QED) is 0.0633. The van der Waals surface area contributed by atoms with E-state index < -0.39 is 42.6 Å². The van der Waals surface area contributed by atoms with Crippen molar-refractivity contribution in [3.63, 3.8) is 0 Å². The Labute approximate surface area is 311 Å². The van der Waals surface area contributed by atoms with Crippen LogP contribution in [-0.2, 0) is 16.1 Å². The zero-order valence-electron chi connectivity index (χ0n) is 28.3. The molecule has 0 unspecified atom stereocenters. The monoisotopic (exact) mass is 755 g/mol. The maximum Gasteiger partial charge on any atom is 0.334 e. The Kier molecular flexibility index (Phi) is 16.4. The van der Waals surface area contributed by atoms with Crippen molar-refractivity contribution in [1.82, 2.24) is 5.32 Å². The predicted octanol–water partition coefficient (Wildman–Crippen LogP) is 4.82. The van der Waals surface area contributed by atoms with Crippen LogP contribution in [0.25, 0.3) is 5.57 Å². The van der Waals surface area contributed by atoms with Gasteiger partial charge in [-0.05, 0) is 97.7 Å². The Morgan fingerprint density at radius 1 is 0.904 bits per heavy atom. The van der Waals surface area contributed by atoms with Gasteiger partial charge >= 0.3 is 18.0 Å². The minimum atomic E-state index is -1.69. The van der Waals surface area contributed by atoms with Gasteiger partial charge in [-0.25, -0.2) is 9.59 Å². The first-order valence-corrected chi connectivity index (χ1v) is 17.1. The summed E-state index contributed by atoms with van der Waals surface area (Å²) in [5, 5.41) is 32.6. The summed E-state index contributed by atoms with van der Waals surface area (Å²) in [6.07, 6.45) is 6.01. The molecule has 16 heteroatoms. The Balaban J connectivity index is 0.000000521. The van der Waals surface area contributed by atoms with Crippen LogP contribution < -0.4 is 32.7 Å². The maximum absolute atomic E-state index is 13.5. The number of aliphatic carboxylic acids is 2. The standard InChI is InChI=1S/C30H29Cl2N3O5.C6H14N4O2/c31-23-14-24(32)16-25(15-23)34-30(40)35(26-12-10-21(11-13-26)20-4-2-1-3-5-20)18-19-6-8-22(9-7-19)28(37)33-17-27(36)29(38)39;7-4(5(11)12)2-1-3-10-6(8)9/h4,6-16,27,36H,1-3,5,17-18H2,(H,33,37)(H,34,40)(H,38,39);4H,1-3,7H2,(H,11,12)(H4,8,9,10)/t27-;4-/m10/s1. The van der Waals surface area contributed by atoms with Crippen LogP contribution in [0.1, 0.15) is 60.0 Å². The molecule has 4 rings (SSSR count). The topological polar surface area (TPSA) is 247 Å². The molecule has 278 valence electrons. The zero-order chi connectivity index (χ0) is 38.2. The Morgan fingerprint density at radius 3 is 2.12 bits per heavy atom. The second-order valence-electron chi connectivity index (χ2n) is 11.9. The number of carboxylic acids is 2. The number of benzene rings is 3. The van der Waals surface area contributed by atoms with Crippen LogP contribution in [-0.4, -0.2) is 70.4 Å². The number of urea groups is 1. The van der Waals surface area contributed by atoms with Crippen molar-refractivity contribution in [2.45, 2.75) is 57.2 Å². The lowest BCUT2D eigenvalue weighted by Gasteiger charge is -2.24. The highest BCUT2D eigenvalue weighted by atomic mass is 35.5. The van der Waals surface area contributed by atoms with Crippen molar-refractivity contribution >= 4 is 70.0 Å². The largest absolute Gasteiger partial charge is 0.480 e. The molecule has 0 heterocycles. The molecule has 0 saturated heterocycles. The van der Waals surface area contributed by atoms with E-state index in [0.717, 1.165) is 24.0 Å². The maximum atomic E-state index is 13.5. The normalized spacial score (nSPS) is 13.3. The van der Waals surface area contributed by atoms with Gasteiger partial charge in [-0.2, -0.15) is 0 Å². The number of nitrogens with one attached hydrogen (secondary N) is 2. The van der Waals surface area contributed by atoms with Gasteiger partial charge in [0.05, 0.1) is 13.1 Å². The Bertz CT molecular complexity index is 1730. The van der Waals surface area contributed by atoms with Crippen LogP contribution in [0.4, 0.5) is 16.2 Å².